The minimum atomic E-state index is 0.941. The van der Waals surface area contributed by atoms with Gasteiger partial charge >= 0.3 is 0 Å². The number of rotatable bonds is 3. The summed E-state index contributed by atoms with van der Waals surface area (Å²) in [4.78, 5) is 4.04. The molecule has 0 amide bonds. The predicted molar refractivity (Wildman–Crippen MR) is 85.2 cm³/mol. The number of benzene rings is 1. The Bertz CT molecular complexity index is 742. The largest absolute Gasteiger partial charge is 0.265 e. The summed E-state index contributed by atoms with van der Waals surface area (Å²) in [6.07, 6.45) is 7.65. The molecule has 21 heavy (non-hydrogen) atoms. The second-order valence-corrected chi connectivity index (χ2v) is 4.87. The number of nitrogens with zero attached hydrogens (tertiary/aromatic N) is 2. The van der Waals surface area contributed by atoms with E-state index in [-0.39, 0.29) is 0 Å². The maximum absolute atomic E-state index is 4.16. The highest BCUT2D eigenvalue weighted by Gasteiger charge is 2.10. The summed E-state index contributed by atoms with van der Waals surface area (Å²) in [5.74, 6) is 0. The first-order valence-corrected chi connectivity index (χ1v) is 6.77. The fourth-order valence-electron chi connectivity index (χ4n) is 2.19. The molecule has 0 N–H and O–H groups in total. The average molecular weight is 272 g/mol. The molecule has 101 valence electrons. The van der Waals surface area contributed by atoms with Crippen molar-refractivity contribution in [3.05, 3.63) is 97.9 Å². The lowest BCUT2D eigenvalue weighted by molar-refractivity contribution is -0.578. The molecule has 0 unspecified atom stereocenters. The lowest BCUT2D eigenvalue weighted by Crippen LogP contribution is -2.31. The van der Waals surface area contributed by atoms with E-state index in [2.05, 4.69) is 30.6 Å². The van der Waals surface area contributed by atoms with E-state index in [1.807, 2.05) is 53.4 Å². The molecule has 3 rings (SSSR count). The minimum absolute atomic E-state index is 0.941. The highest BCUT2D eigenvalue weighted by Crippen LogP contribution is 2.17. The second-order valence-electron chi connectivity index (χ2n) is 4.87. The zero-order chi connectivity index (χ0) is 14.7. The summed E-state index contributed by atoms with van der Waals surface area (Å²) in [6, 6.07) is 16.2. The quantitative estimate of drug-likeness (QED) is 0.664. The standard InChI is InChI=1S/C19H16N2/c1-15-3-5-17(6-4-15)16(2)21-13-9-19(10-14-21)18-7-11-20-12-8-18/h3-14H,1-2H2/q+1. The topological polar surface area (TPSA) is 16.8 Å². The van der Waals surface area contributed by atoms with Gasteiger partial charge in [0.15, 0.2) is 12.4 Å². The second kappa shape index (κ2) is 5.71. The Morgan fingerprint density at radius 3 is 2.00 bits per heavy atom. The van der Waals surface area contributed by atoms with Gasteiger partial charge in [-0.25, -0.2) is 0 Å². The van der Waals surface area contributed by atoms with Crippen molar-refractivity contribution in [1.29, 1.82) is 0 Å². The predicted octanol–water partition coefficient (Wildman–Crippen LogP) is 3.74. The third-order valence-electron chi connectivity index (χ3n) is 3.44. The maximum atomic E-state index is 4.16. The Kier molecular flexibility index (Phi) is 3.61. The van der Waals surface area contributed by atoms with E-state index >= 15 is 0 Å². The molecule has 0 aliphatic carbocycles. The molecule has 0 bridgehead atoms. The van der Waals surface area contributed by atoms with Crippen molar-refractivity contribution in [1.82, 2.24) is 4.98 Å². The molecular formula is C19H16N2+. The van der Waals surface area contributed by atoms with Crippen LogP contribution in [0.3, 0.4) is 0 Å². The molecule has 0 saturated heterocycles. The first kappa shape index (κ1) is 13.3. The Morgan fingerprint density at radius 1 is 0.810 bits per heavy atom. The molecule has 0 aliphatic heterocycles. The van der Waals surface area contributed by atoms with Crippen LogP contribution in [0.15, 0.2) is 79.9 Å². The van der Waals surface area contributed by atoms with Crippen molar-refractivity contribution in [2.24, 2.45) is 0 Å². The van der Waals surface area contributed by atoms with Gasteiger partial charge in [0.25, 0.3) is 0 Å². The third-order valence-corrected chi connectivity index (χ3v) is 3.44. The molecule has 1 radical (unpaired) electrons. The zero-order valence-electron chi connectivity index (χ0n) is 11.7. The molecule has 0 saturated carbocycles. The summed E-state index contributed by atoms with van der Waals surface area (Å²) in [5, 5.41) is 0. The van der Waals surface area contributed by atoms with Crippen molar-refractivity contribution in [3.63, 3.8) is 0 Å². The molecule has 0 spiro atoms. The molecule has 2 heteroatoms. The highest BCUT2D eigenvalue weighted by atomic mass is 14.9. The fraction of sp³-hybridized carbons (Fsp3) is 0. The zero-order valence-corrected chi connectivity index (χ0v) is 11.7. The molecule has 0 atom stereocenters. The Balaban J connectivity index is 1.87. The molecule has 2 heterocycles. The third kappa shape index (κ3) is 2.90. The molecule has 2 nitrogen and oxygen atoms in total. The molecule has 1 aromatic carbocycles. The van der Waals surface area contributed by atoms with Crippen LogP contribution in [0.5, 0.6) is 0 Å². The summed E-state index contributed by atoms with van der Waals surface area (Å²) in [5.41, 5.74) is 5.35. The maximum Gasteiger partial charge on any atom is 0.210 e. The van der Waals surface area contributed by atoms with Crippen molar-refractivity contribution >= 4 is 5.70 Å². The van der Waals surface area contributed by atoms with Crippen molar-refractivity contribution < 1.29 is 4.57 Å². The van der Waals surface area contributed by atoms with Gasteiger partial charge in [-0.3, -0.25) is 4.98 Å². The summed E-state index contributed by atoms with van der Waals surface area (Å²) >= 11 is 0. The van der Waals surface area contributed by atoms with Crippen LogP contribution in [-0.2, 0) is 0 Å². The summed E-state index contributed by atoms with van der Waals surface area (Å²) in [7, 11) is 0. The average Bonchev–Trinajstić information content (AvgIpc) is 2.56. The summed E-state index contributed by atoms with van der Waals surface area (Å²) < 4.78 is 2.02. The van der Waals surface area contributed by atoms with E-state index in [9.17, 15) is 0 Å². The van der Waals surface area contributed by atoms with Crippen LogP contribution in [0.2, 0.25) is 0 Å². The van der Waals surface area contributed by atoms with E-state index in [0.717, 1.165) is 28.0 Å². The summed E-state index contributed by atoms with van der Waals surface area (Å²) in [6.45, 7) is 8.06. The lowest BCUT2D eigenvalue weighted by atomic mass is 10.1. The first-order valence-electron chi connectivity index (χ1n) is 6.77. The van der Waals surface area contributed by atoms with Crippen LogP contribution in [0, 0.1) is 6.92 Å². The molecule has 0 fully saturated rings. The molecule has 0 aliphatic rings. The normalized spacial score (nSPS) is 10.3. The number of pyridine rings is 2. The van der Waals surface area contributed by atoms with E-state index in [0.29, 0.717) is 0 Å². The smallest absolute Gasteiger partial charge is 0.210 e. The Hall–Kier alpha value is -2.74. The van der Waals surface area contributed by atoms with Crippen LogP contribution in [0.25, 0.3) is 16.8 Å². The van der Waals surface area contributed by atoms with Gasteiger partial charge in [-0.2, -0.15) is 4.57 Å². The van der Waals surface area contributed by atoms with E-state index in [4.69, 9.17) is 0 Å². The fourth-order valence-corrected chi connectivity index (χ4v) is 2.19. The lowest BCUT2D eigenvalue weighted by Gasteiger charge is -2.03. The van der Waals surface area contributed by atoms with Crippen LogP contribution in [-0.4, -0.2) is 4.98 Å². The van der Waals surface area contributed by atoms with Crippen molar-refractivity contribution in [2.45, 2.75) is 0 Å². The van der Waals surface area contributed by atoms with E-state index in [1.165, 1.54) is 0 Å². The van der Waals surface area contributed by atoms with Crippen LogP contribution >= 0.6 is 0 Å². The van der Waals surface area contributed by atoms with Gasteiger partial charge in [-0.1, -0.05) is 12.1 Å². The minimum Gasteiger partial charge on any atom is -0.265 e. The van der Waals surface area contributed by atoms with Crippen LogP contribution < -0.4 is 4.57 Å². The van der Waals surface area contributed by atoms with Crippen molar-refractivity contribution in [3.8, 4) is 11.1 Å². The monoisotopic (exact) mass is 272 g/mol. The molecule has 2 aromatic heterocycles. The number of hydrogen-bond acceptors (Lipinski definition) is 1. The Morgan fingerprint density at radius 2 is 1.38 bits per heavy atom. The molecule has 3 aromatic rings. The van der Waals surface area contributed by atoms with E-state index in [1.54, 1.807) is 12.4 Å². The van der Waals surface area contributed by atoms with Gasteiger partial charge in [-0.15, -0.1) is 0 Å². The molecular weight excluding hydrogens is 256 g/mol. The number of hydrogen-bond donors (Lipinski definition) is 0. The van der Waals surface area contributed by atoms with Gasteiger partial charge < -0.3 is 0 Å². The first-order chi connectivity index (χ1) is 10.2. The highest BCUT2D eigenvalue weighted by molar-refractivity contribution is 5.62. The van der Waals surface area contributed by atoms with E-state index < -0.39 is 0 Å². The van der Waals surface area contributed by atoms with Gasteiger partial charge in [-0.05, 0) is 54.5 Å². The Labute approximate surface area is 125 Å². The van der Waals surface area contributed by atoms with Gasteiger partial charge in [0, 0.05) is 30.1 Å². The van der Waals surface area contributed by atoms with Crippen LogP contribution in [0.1, 0.15) is 11.1 Å². The van der Waals surface area contributed by atoms with Crippen LogP contribution in [0.4, 0.5) is 0 Å². The van der Waals surface area contributed by atoms with Crippen molar-refractivity contribution in [2.75, 3.05) is 0 Å². The number of aromatic nitrogens is 2. The SMILES string of the molecule is [CH2]c1ccc(C(=C)[n+]2ccc(-c3ccncc3)cc2)cc1. The van der Waals surface area contributed by atoms with Gasteiger partial charge in [0.2, 0.25) is 5.70 Å². The van der Waals surface area contributed by atoms with Gasteiger partial charge in [0.1, 0.15) is 0 Å². The van der Waals surface area contributed by atoms with Gasteiger partial charge in [0.05, 0.1) is 0 Å².